The molecule has 0 saturated carbocycles. The average molecular weight is 487 g/mol. The highest BCUT2D eigenvalue weighted by Gasteiger charge is 2.35. The number of nitrogens with zero attached hydrogens (tertiary/aromatic N) is 1. The van der Waals surface area contributed by atoms with Crippen LogP contribution in [0.3, 0.4) is 0 Å². The second-order valence-electron chi connectivity index (χ2n) is 8.28. The van der Waals surface area contributed by atoms with E-state index in [1.165, 1.54) is 6.07 Å². The van der Waals surface area contributed by atoms with Crippen molar-refractivity contribution < 1.29 is 28.7 Å². The van der Waals surface area contributed by atoms with Crippen LogP contribution in [0.25, 0.3) is 0 Å². The third kappa shape index (κ3) is 5.27. The van der Waals surface area contributed by atoms with Gasteiger partial charge in [-0.15, -0.1) is 0 Å². The summed E-state index contributed by atoms with van der Waals surface area (Å²) < 4.78 is 10.8. The molecule has 8 heteroatoms. The van der Waals surface area contributed by atoms with Crippen molar-refractivity contribution >= 4 is 23.7 Å². The molecular weight excluding hydrogens is 460 g/mol. The molecule has 36 heavy (non-hydrogen) atoms. The van der Waals surface area contributed by atoms with Gasteiger partial charge in [-0.1, -0.05) is 48.5 Å². The van der Waals surface area contributed by atoms with E-state index < -0.39 is 30.3 Å². The summed E-state index contributed by atoms with van der Waals surface area (Å²) >= 11 is 0. The molecule has 3 amide bonds. The van der Waals surface area contributed by atoms with Crippen molar-refractivity contribution in [2.24, 2.45) is 0 Å². The first-order valence-electron chi connectivity index (χ1n) is 11.6. The van der Waals surface area contributed by atoms with Gasteiger partial charge in [0.15, 0.2) is 6.61 Å². The number of carbonyl (C=O) groups excluding carboxylic acids is 4. The maximum atomic E-state index is 12.9. The summed E-state index contributed by atoms with van der Waals surface area (Å²) in [6.07, 6.45) is 0. The third-order valence-electron chi connectivity index (χ3n) is 5.79. The zero-order chi connectivity index (χ0) is 25.7. The highest BCUT2D eigenvalue weighted by atomic mass is 16.5. The number of hydrogen-bond acceptors (Lipinski definition) is 6. The maximum Gasteiger partial charge on any atom is 0.342 e. The zero-order valence-electron chi connectivity index (χ0n) is 20.0. The summed E-state index contributed by atoms with van der Waals surface area (Å²) in [6, 6.07) is 20.6. The molecule has 1 aliphatic heterocycles. The Labute approximate surface area is 208 Å². The number of imide groups is 1. The largest absolute Gasteiger partial charge is 0.493 e. The van der Waals surface area contributed by atoms with Crippen molar-refractivity contribution in [1.82, 2.24) is 10.2 Å². The molecule has 4 rings (SSSR count). The second kappa shape index (κ2) is 10.9. The van der Waals surface area contributed by atoms with Crippen LogP contribution in [0.1, 0.15) is 62.1 Å². The lowest BCUT2D eigenvalue weighted by molar-refractivity contribution is -0.124. The maximum absolute atomic E-state index is 12.9. The number of carbonyl (C=O) groups is 4. The summed E-state index contributed by atoms with van der Waals surface area (Å²) in [4.78, 5) is 51.8. The molecule has 184 valence electrons. The lowest BCUT2D eigenvalue weighted by atomic mass is 10.1. The van der Waals surface area contributed by atoms with Gasteiger partial charge in [0, 0.05) is 0 Å². The minimum Gasteiger partial charge on any atom is -0.493 e. The molecule has 0 bridgehead atoms. The molecule has 3 aromatic carbocycles. The highest BCUT2D eigenvalue weighted by molar-refractivity contribution is 6.21. The van der Waals surface area contributed by atoms with E-state index in [0.29, 0.717) is 23.3 Å². The normalized spacial score (nSPS) is 13.2. The topological polar surface area (TPSA) is 102 Å². The second-order valence-corrected chi connectivity index (χ2v) is 8.28. The van der Waals surface area contributed by atoms with Gasteiger partial charge >= 0.3 is 5.97 Å². The molecule has 1 unspecified atom stereocenters. The van der Waals surface area contributed by atoms with E-state index in [2.05, 4.69) is 5.32 Å². The molecular formula is C28H26N2O6. The Kier molecular flexibility index (Phi) is 7.44. The van der Waals surface area contributed by atoms with Crippen molar-refractivity contribution in [2.45, 2.75) is 26.4 Å². The summed E-state index contributed by atoms with van der Waals surface area (Å²) in [6.45, 7) is 3.44. The lowest BCUT2D eigenvalue weighted by Crippen LogP contribution is -2.31. The van der Waals surface area contributed by atoms with Gasteiger partial charge in [-0.2, -0.15) is 0 Å². The fourth-order valence-electron chi connectivity index (χ4n) is 4.00. The minimum absolute atomic E-state index is 0.0197. The number of amides is 3. The van der Waals surface area contributed by atoms with Gasteiger partial charge in [0.05, 0.1) is 30.3 Å². The SMILES string of the molecule is CCOc1ccc(CN2C(=O)c3ccccc3C2=O)cc1C(=O)OCC(=O)NC(C)c1ccccc1. The summed E-state index contributed by atoms with van der Waals surface area (Å²) in [5.74, 6) is -1.69. The number of nitrogens with one attached hydrogen (secondary N) is 1. The van der Waals surface area contributed by atoms with Crippen LogP contribution in [0.4, 0.5) is 0 Å². The number of benzene rings is 3. The molecule has 0 radical (unpaired) electrons. The molecule has 0 saturated heterocycles. The summed E-state index contributed by atoms with van der Waals surface area (Å²) in [5, 5.41) is 2.79. The van der Waals surface area contributed by atoms with Crippen LogP contribution >= 0.6 is 0 Å². The monoisotopic (exact) mass is 486 g/mol. The van der Waals surface area contributed by atoms with Crippen LogP contribution in [-0.4, -0.2) is 41.8 Å². The quantitative estimate of drug-likeness (QED) is 0.363. The van der Waals surface area contributed by atoms with Crippen LogP contribution in [0.5, 0.6) is 5.75 Å². The first-order valence-corrected chi connectivity index (χ1v) is 11.6. The molecule has 1 N–H and O–H groups in total. The van der Waals surface area contributed by atoms with Gasteiger partial charge in [-0.25, -0.2) is 4.79 Å². The van der Waals surface area contributed by atoms with Crippen LogP contribution < -0.4 is 10.1 Å². The van der Waals surface area contributed by atoms with Gasteiger partial charge < -0.3 is 14.8 Å². The Morgan fingerprint density at radius 3 is 2.19 bits per heavy atom. The van der Waals surface area contributed by atoms with Crippen LogP contribution in [-0.2, 0) is 16.1 Å². The average Bonchev–Trinajstić information content (AvgIpc) is 3.13. The number of rotatable bonds is 9. The van der Waals surface area contributed by atoms with Crippen molar-refractivity contribution in [3.05, 3.63) is 101 Å². The van der Waals surface area contributed by atoms with Gasteiger partial charge in [0.2, 0.25) is 0 Å². The highest BCUT2D eigenvalue weighted by Crippen LogP contribution is 2.27. The minimum atomic E-state index is -0.745. The van der Waals surface area contributed by atoms with Crippen LogP contribution in [0.15, 0.2) is 72.8 Å². The van der Waals surface area contributed by atoms with Crippen molar-refractivity contribution in [2.75, 3.05) is 13.2 Å². The van der Waals surface area contributed by atoms with Crippen molar-refractivity contribution in [3.63, 3.8) is 0 Å². The molecule has 0 fully saturated rings. The smallest absolute Gasteiger partial charge is 0.342 e. The fourth-order valence-corrected chi connectivity index (χ4v) is 4.00. The Bertz CT molecular complexity index is 1270. The third-order valence-corrected chi connectivity index (χ3v) is 5.79. The number of esters is 1. The van der Waals surface area contributed by atoms with E-state index in [-0.39, 0.29) is 23.9 Å². The van der Waals surface area contributed by atoms with Crippen LogP contribution in [0.2, 0.25) is 0 Å². The molecule has 3 aromatic rings. The van der Waals surface area contributed by atoms with Gasteiger partial charge in [-0.05, 0) is 49.2 Å². The Morgan fingerprint density at radius 1 is 0.917 bits per heavy atom. The molecule has 1 aliphatic rings. The van der Waals surface area contributed by atoms with Gasteiger partial charge in [0.1, 0.15) is 11.3 Å². The summed E-state index contributed by atoms with van der Waals surface area (Å²) in [7, 11) is 0. The van der Waals surface area contributed by atoms with Crippen LogP contribution in [0, 0.1) is 0 Å². The summed E-state index contributed by atoms with van der Waals surface area (Å²) in [5.41, 5.74) is 2.28. The van der Waals surface area contributed by atoms with E-state index in [4.69, 9.17) is 9.47 Å². The predicted molar refractivity (Wildman–Crippen MR) is 132 cm³/mol. The molecule has 8 nitrogen and oxygen atoms in total. The first-order chi connectivity index (χ1) is 17.4. The number of ether oxygens (including phenoxy) is 2. The Hall–Kier alpha value is -4.46. The number of hydrogen-bond donors (Lipinski definition) is 1. The molecule has 1 atom stereocenters. The van der Waals surface area contributed by atoms with Crippen molar-refractivity contribution in [1.29, 1.82) is 0 Å². The van der Waals surface area contributed by atoms with Gasteiger partial charge in [0.25, 0.3) is 17.7 Å². The van der Waals surface area contributed by atoms with Gasteiger partial charge in [-0.3, -0.25) is 19.3 Å². The lowest BCUT2D eigenvalue weighted by Gasteiger charge is -2.17. The number of fused-ring (bicyclic) bond motifs is 1. The van der Waals surface area contributed by atoms with E-state index in [1.54, 1.807) is 43.3 Å². The van der Waals surface area contributed by atoms with E-state index >= 15 is 0 Å². The standard InChI is InChI=1S/C28H26N2O6/c1-3-35-24-14-13-19(16-30-26(32)21-11-7-8-12-22(21)27(30)33)15-23(24)28(34)36-17-25(31)29-18(2)20-9-5-4-6-10-20/h4-15,18H,3,16-17H2,1-2H3,(H,29,31). The molecule has 0 spiro atoms. The molecule has 0 aliphatic carbocycles. The fraction of sp³-hybridized carbons (Fsp3) is 0.214. The Morgan fingerprint density at radius 2 is 1.56 bits per heavy atom. The molecule has 1 heterocycles. The Balaban J connectivity index is 1.44. The zero-order valence-corrected chi connectivity index (χ0v) is 20.0. The van der Waals surface area contributed by atoms with Crippen molar-refractivity contribution in [3.8, 4) is 5.75 Å². The first kappa shape index (κ1) is 24.7. The van der Waals surface area contributed by atoms with E-state index in [9.17, 15) is 19.2 Å². The molecule has 0 aromatic heterocycles. The van der Waals surface area contributed by atoms with E-state index in [0.717, 1.165) is 10.5 Å². The predicted octanol–water partition coefficient (Wildman–Crippen LogP) is 3.92. The van der Waals surface area contributed by atoms with E-state index in [1.807, 2.05) is 37.3 Å².